The lowest BCUT2D eigenvalue weighted by Gasteiger charge is -2.47. The summed E-state index contributed by atoms with van der Waals surface area (Å²) in [6.45, 7) is 8.39. The van der Waals surface area contributed by atoms with Gasteiger partial charge in [-0.2, -0.15) is 13.4 Å². The largest absolute Gasteiger partial charge is 0.475 e. The van der Waals surface area contributed by atoms with Crippen molar-refractivity contribution in [1.82, 2.24) is 24.8 Å². The zero-order chi connectivity index (χ0) is 28.2. The molecular formula is C29H34N6O4S. The van der Waals surface area contributed by atoms with Crippen LogP contribution in [0.25, 0.3) is 11.3 Å². The number of hydrogen-bond acceptors (Lipinski definition) is 8. The van der Waals surface area contributed by atoms with E-state index >= 15 is 0 Å². The lowest BCUT2D eigenvalue weighted by Crippen LogP contribution is -2.55. The average Bonchev–Trinajstić information content (AvgIpc) is 3.67. The molecule has 40 heavy (non-hydrogen) atoms. The first kappa shape index (κ1) is 26.6. The number of fused-ring (bicyclic) bond motifs is 4. The molecule has 0 unspecified atom stereocenters. The molecule has 6 rings (SSSR count). The molecule has 1 aromatic carbocycles. The van der Waals surface area contributed by atoms with E-state index in [1.54, 1.807) is 6.07 Å². The van der Waals surface area contributed by atoms with Crippen molar-refractivity contribution < 1.29 is 17.9 Å². The quantitative estimate of drug-likeness (QED) is 0.491. The molecule has 10 nitrogen and oxygen atoms in total. The molecular weight excluding hydrogens is 528 g/mol. The zero-order valence-electron chi connectivity index (χ0n) is 23.2. The molecule has 3 heterocycles. The minimum atomic E-state index is -4.25. The van der Waals surface area contributed by atoms with Crippen LogP contribution in [0, 0.1) is 25.2 Å². The number of nitrogens with one attached hydrogen (secondary N) is 1. The number of amides is 1. The Balaban J connectivity index is 1.48. The molecule has 210 valence electrons. The minimum Gasteiger partial charge on any atom is -0.475 e. The fourth-order valence-corrected chi connectivity index (χ4v) is 6.97. The van der Waals surface area contributed by atoms with Crippen LogP contribution in [0.3, 0.4) is 0 Å². The van der Waals surface area contributed by atoms with Crippen LogP contribution in [0.1, 0.15) is 67.6 Å². The molecule has 11 heteroatoms. The molecule has 1 amide bonds. The fourth-order valence-electron chi connectivity index (χ4n) is 6.12. The molecule has 1 atom stereocenters. The van der Waals surface area contributed by atoms with Gasteiger partial charge < -0.3 is 9.64 Å². The van der Waals surface area contributed by atoms with Crippen LogP contribution >= 0.6 is 0 Å². The number of ether oxygens (including phenoxy) is 1. The van der Waals surface area contributed by atoms with Gasteiger partial charge in [0.25, 0.3) is 15.9 Å². The number of nitrogens with zero attached hydrogens (tertiary/aromatic N) is 5. The van der Waals surface area contributed by atoms with Crippen molar-refractivity contribution in [3.63, 3.8) is 0 Å². The molecule has 2 fully saturated rings. The number of carbonyl (C=O) groups excluding carboxylic acids is 1. The van der Waals surface area contributed by atoms with Crippen LogP contribution in [0.4, 0.5) is 5.95 Å². The van der Waals surface area contributed by atoms with Crippen LogP contribution in [-0.4, -0.2) is 57.9 Å². The highest BCUT2D eigenvalue weighted by atomic mass is 32.2. The Morgan fingerprint density at radius 2 is 1.80 bits per heavy atom. The van der Waals surface area contributed by atoms with Crippen molar-refractivity contribution in [3.05, 3.63) is 53.5 Å². The molecule has 3 aliphatic rings. The highest BCUT2D eigenvalue weighted by Crippen LogP contribution is 2.62. The Morgan fingerprint density at radius 1 is 1.07 bits per heavy atom. The van der Waals surface area contributed by atoms with Gasteiger partial charge in [-0.1, -0.05) is 32.0 Å². The second-order valence-corrected chi connectivity index (χ2v) is 13.5. The van der Waals surface area contributed by atoms with Gasteiger partial charge in [0.2, 0.25) is 11.8 Å². The lowest BCUT2D eigenvalue weighted by molar-refractivity contribution is 0.00867. The van der Waals surface area contributed by atoms with Gasteiger partial charge >= 0.3 is 0 Å². The number of benzene rings is 1. The summed E-state index contributed by atoms with van der Waals surface area (Å²) in [7, 11) is -4.25. The molecule has 3 aromatic rings. The van der Waals surface area contributed by atoms with E-state index in [-0.39, 0.29) is 47.1 Å². The van der Waals surface area contributed by atoms with Crippen molar-refractivity contribution in [3.8, 4) is 17.1 Å². The van der Waals surface area contributed by atoms with Gasteiger partial charge in [-0.05, 0) is 68.4 Å². The summed E-state index contributed by atoms with van der Waals surface area (Å²) in [5.41, 5.74) is 3.75. The maximum atomic E-state index is 14.0. The zero-order valence-corrected chi connectivity index (χ0v) is 24.0. The van der Waals surface area contributed by atoms with Gasteiger partial charge in [-0.3, -0.25) is 9.78 Å². The number of rotatable bonds is 4. The molecule has 1 N–H and O–H groups in total. The SMILES string of the molecule is Cc1cccc(C)c1-c1cc2nc(n1)NS(=O)(=O)c1cncc(n1)C(=O)N(C1CC3(CC3)C1)[C@H](CC(C)C)CO2. The first-order chi connectivity index (χ1) is 19.0. The summed E-state index contributed by atoms with van der Waals surface area (Å²) in [6.07, 6.45) is 7.44. The molecule has 2 aromatic heterocycles. The number of aromatic nitrogens is 4. The summed E-state index contributed by atoms with van der Waals surface area (Å²) >= 11 is 0. The topological polar surface area (TPSA) is 127 Å². The lowest BCUT2D eigenvalue weighted by atomic mass is 9.75. The Kier molecular flexibility index (Phi) is 6.52. The standard InChI is InChI=1S/C29H34N6O4S/c1-17(2)10-20-16-39-24-11-22(26-18(3)6-5-7-19(26)4)32-28(33-24)34-40(37,38)25-15-30-14-23(31-25)27(36)35(20)21-12-29(13-21)8-9-29/h5-7,11,14-15,17,20-21H,8-10,12-13,16H2,1-4H3,(H,32,33,34)/t20-/m1/s1. The Bertz CT molecular complexity index is 1560. The van der Waals surface area contributed by atoms with E-state index in [1.165, 1.54) is 19.0 Å². The van der Waals surface area contributed by atoms with Crippen molar-refractivity contribution in [2.75, 3.05) is 11.3 Å². The number of hydrogen-bond donors (Lipinski definition) is 1. The molecule has 1 aliphatic heterocycles. The smallest absolute Gasteiger partial charge is 0.283 e. The van der Waals surface area contributed by atoms with Gasteiger partial charge in [0.15, 0.2) is 5.03 Å². The Morgan fingerprint density at radius 3 is 2.48 bits per heavy atom. The van der Waals surface area contributed by atoms with E-state index in [2.05, 4.69) is 38.5 Å². The van der Waals surface area contributed by atoms with Gasteiger partial charge in [-0.15, -0.1) is 0 Å². The van der Waals surface area contributed by atoms with E-state index in [0.717, 1.165) is 35.7 Å². The molecule has 1 spiro atoms. The van der Waals surface area contributed by atoms with Crippen molar-refractivity contribution in [2.24, 2.45) is 11.3 Å². The molecule has 2 saturated carbocycles. The summed E-state index contributed by atoms with van der Waals surface area (Å²) < 4.78 is 35.5. The van der Waals surface area contributed by atoms with E-state index in [1.807, 2.05) is 36.9 Å². The monoisotopic (exact) mass is 562 g/mol. The Labute approximate surface area is 234 Å². The maximum absolute atomic E-state index is 14.0. The van der Waals surface area contributed by atoms with Crippen LogP contribution in [-0.2, 0) is 10.0 Å². The van der Waals surface area contributed by atoms with Crippen LogP contribution < -0.4 is 9.46 Å². The van der Waals surface area contributed by atoms with E-state index in [4.69, 9.17) is 4.74 Å². The third kappa shape index (κ3) is 5.02. The summed E-state index contributed by atoms with van der Waals surface area (Å²) in [5, 5.41) is -0.367. The fraction of sp³-hybridized carbons (Fsp3) is 0.483. The Hall–Kier alpha value is -3.60. The normalized spacial score (nSPS) is 21.5. The average molecular weight is 563 g/mol. The van der Waals surface area contributed by atoms with Gasteiger partial charge in [0.05, 0.1) is 24.1 Å². The van der Waals surface area contributed by atoms with Gasteiger partial charge in [0.1, 0.15) is 12.3 Å². The van der Waals surface area contributed by atoms with Crippen molar-refractivity contribution >= 4 is 21.9 Å². The second-order valence-electron chi connectivity index (χ2n) is 11.9. The highest BCUT2D eigenvalue weighted by molar-refractivity contribution is 7.92. The first-order valence-electron chi connectivity index (χ1n) is 13.8. The predicted molar refractivity (Wildman–Crippen MR) is 149 cm³/mol. The minimum absolute atomic E-state index is 0.00326. The number of anilines is 1. The van der Waals surface area contributed by atoms with Crippen LogP contribution in [0.15, 0.2) is 41.7 Å². The molecule has 0 radical (unpaired) electrons. The molecule has 2 aliphatic carbocycles. The van der Waals surface area contributed by atoms with Crippen molar-refractivity contribution in [1.29, 1.82) is 0 Å². The van der Waals surface area contributed by atoms with Crippen LogP contribution in [0.2, 0.25) is 0 Å². The van der Waals surface area contributed by atoms with E-state index in [9.17, 15) is 13.2 Å². The third-order valence-electron chi connectivity index (χ3n) is 8.26. The molecule has 0 saturated heterocycles. The van der Waals surface area contributed by atoms with E-state index in [0.29, 0.717) is 23.4 Å². The summed E-state index contributed by atoms with van der Waals surface area (Å²) in [5.74, 6) is 0.0587. The number of carbonyl (C=O) groups is 1. The number of sulfonamides is 1. The summed E-state index contributed by atoms with van der Waals surface area (Å²) in [4.78, 5) is 33.2. The predicted octanol–water partition coefficient (Wildman–Crippen LogP) is 4.54. The first-order valence-corrected chi connectivity index (χ1v) is 15.3. The van der Waals surface area contributed by atoms with Crippen molar-refractivity contribution in [2.45, 2.75) is 76.9 Å². The van der Waals surface area contributed by atoms with Gasteiger partial charge in [0, 0.05) is 17.7 Å². The maximum Gasteiger partial charge on any atom is 0.283 e. The summed E-state index contributed by atoms with van der Waals surface area (Å²) in [6, 6.07) is 7.43. The highest BCUT2D eigenvalue weighted by Gasteiger charge is 2.56. The number of aryl methyl sites for hydroxylation is 2. The second kappa shape index (κ2) is 9.79. The third-order valence-corrected chi connectivity index (χ3v) is 9.45. The van der Waals surface area contributed by atoms with Crippen LogP contribution in [0.5, 0.6) is 5.88 Å². The molecule has 4 bridgehead atoms. The van der Waals surface area contributed by atoms with E-state index < -0.39 is 10.0 Å². The van der Waals surface area contributed by atoms with Gasteiger partial charge in [-0.25, -0.2) is 14.7 Å².